The lowest BCUT2D eigenvalue weighted by Crippen LogP contribution is -2.33. The molecule has 0 saturated heterocycles. The highest BCUT2D eigenvalue weighted by Crippen LogP contribution is 2.16. The largest absolute Gasteiger partial charge is 0.481 e. The summed E-state index contributed by atoms with van der Waals surface area (Å²) < 4.78 is 0. The number of carboxylic acids is 1. The summed E-state index contributed by atoms with van der Waals surface area (Å²) in [4.78, 5) is 14.4. The van der Waals surface area contributed by atoms with Gasteiger partial charge in [-0.2, -0.15) is 0 Å². The van der Waals surface area contributed by atoms with Crippen molar-refractivity contribution in [1.29, 1.82) is 0 Å². The topological polar surface area (TPSA) is 62.2 Å². The van der Waals surface area contributed by atoms with Crippen molar-refractivity contribution in [2.75, 3.05) is 5.32 Å². The Morgan fingerprint density at radius 2 is 2.07 bits per heavy atom. The van der Waals surface area contributed by atoms with Crippen LogP contribution in [-0.4, -0.2) is 21.6 Å². The average Bonchev–Trinajstić information content (AvgIpc) is 2.02. The Kier molecular flexibility index (Phi) is 3.06. The first-order valence-electron chi connectivity index (χ1n) is 4.40. The van der Waals surface area contributed by atoms with Crippen molar-refractivity contribution in [1.82, 2.24) is 4.98 Å². The molecule has 1 aromatic rings. The van der Waals surface area contributed by atoms with Crippen LogP contribution in [0.5, 0.6) is 0 Å². The second-order valence-electron chi connectivity index (χ2n) is 3.82. The zero-order valence-electron chi connectivity index (χ0n) is 8.32. The molecule has 0 aromatic carbocycles. The molecule has 2 N–H and O–H groups in total. The van der Waals surface area contributed by atoms with Gasteiger partial charge in [-0.15, -0.1) is 0 Å². The van der Waals surface area contributed by atoms with Gasteiger partial charge in [0.05, 0.1) is 6.42 Å². The molecule has 1 rings (SSSR count). The number of nitrogens with one attached hydrogen (secondary N) is 1. The maximum atomic E-state index is 10.6. The van der Waals surface area contributed by atoms with Crippen LogP contribution in [0.15, 0.2) is 24.5 Å². The van der Waals surface area contributed by atoms with Crippen molar-refractivity contribution in [3.8, 4) is 0 Å². The fourth-order valence-corrected chi connectivity index (χ4v) is 1.25. The Labute approximate surface area is 83.0 Å². The Bertz CT molecular complexity index is 309. The molecular formula is C10H14N2O2. The molecule has 0 aliphatic rings. The molecule has 1 heterocycles. The fraction of sp³-hybridized carbons (Fsp3) is 0.400. The van der Waals surface area contributed by atoms with E-state index in [0.29, 0.717) is 0 Å². The van der Waals surface area contributed by atoms with Gasteiger partial charge in [0.15, 0.2) is 0 Å². The van der Waals surface area contributed by atoms with Crippen LogP contribution < -0.4 is 5.32 Å². The average molecular weight is 194 g/mol. The van der Waals surface area contributed by atoms with E-state index in [1.807, 2.05) is 26.0 Å². The first kappa shape index (κ1) is 10.5. The first-order valence-corrected chi connectivity index (χ1v) is 4.40. The SMILES string of the molecule is CC(C)(CC(=O)O)Nc1ccncc1. The van der Waals surface area contributed by atoms with Crippen LogP contribution in [0.3, 0.4) is 0 Å². The van der Waals surface area contributed by atoms with Crippen molar-refractivity contribution < 1.29 is 9.90 Å². The highest BCUT2D eigenvalue weighted by Gasteiger charge is 2.20. The Morgan fingerprint density at radius 3 is 2.57 bits per heavy atom. The number of hydrogen-bond donors (Lipinski definition) is 2. The maximum absolute atomic E-state index is 10.6. The van der Waals surface area contributed by atoms with Crippen molar-refractivity contribution in [2.24, 2.45) is 0 Å². The zero-order chi connectivity index (χ0) is 10.6. The highest BCUT2D eigenvalue weighted by atomic mass is 16.4. The predicted octanol–water partition coefficient (Wildman–Crippen LogP) is 1.75. The molecule has 4 nitrogen and oxygen atoms in total. The summed E-state index contributed by atoms with van der Waals surface area (Å²) in [6, 6.07) is 3.62. The molecule has 4 heteroatoms. The van der Waals surface area contributed by atoms with Gasteiger partial charge in [0.2, 0.25) is 0 Å². The Balaban J connectivity index is 2.63. The van der Waals surface area contributed by atoms with Gasteiger partial charge in [0.1, 0.15) is 0 Å². The van der Waals surface area contributed by atoms with Gasteiger partial charge in [-0.1, -0.05) is 0 Å². The van der Waals surface area contributed by atoms with E-state index in [2.05, 4.69) is 10.3 Å². The van der Waals surface area contributed by atoms with Crippen LogP contribution in [0, 0.1) is 0 Å². The molecule has 14 heavy (non-hydrogen) atoms. The van der Waals surface area contributed by atoms with Crippen molar-refractivity contribution in [3.63, 3.8) is 0 Å². The number of nitrogens with zero attached hydrogens (tertiary/aromatic N) is 1. The number of hydrogen-bond acceptors (Lipinski definition) is 3. The van der Waals surface area contributed by atoms with Crippen molar-refractivity contribution in [2.45, 2.75) is 25.8 Å². The molecule has 0 bridgehead atoms. The van der Waals surface area contributed by atoms with Crippen LogP contribution in [0.4, 0.5) is 5.69 Å². The quantitative estimate of drug-likeness (QED) is 0.766. The van der Waals surface area contributed by atoms with Crippen LogP contribution in [0.25, 0.3) is 0 Å². The van der Waals surface area contributed by atoms with Crippen LogP contribution in [0.2, 0.25) is 0 Å². The molecule has 76 valence electrons. The molecule has 0 aliphatic heterocycles. The zero-order valence-corrected chi connectivity index (χ0v) is 8.32. The fourth-order valence-electron chi connectivity index (χ4n) is 1.25. The number of rotatable bonds is 4. The van der Waals surface area contributed by atoms with E-state index >= 15 is 0 Å². The summed E-state index contributed by atoms with van der Waals surface area (Å²) in [7, 11) is 0. The minimum absolute atomic E-state index is 0.0787. The minimum atomic E-state index is -0.809. The van der Waals surface area contributed by atoms with Gasteiger partial charge in [0, 0.05) is 23.6 Å². The molecular weight excluding hydrogens is 180 g/mol. The third kappa shape index (κ3) is 3.43. The van der Waals surface area contributed by atoms with E-state index < -0.39 is 11.5 Å². The lowest BCUT2D eigenvalue weighted by atomic mass is 10.0. The van der Waals surface area contributed by atoms with Gasteiger partial charge < -0.3 is 10.4 Å². The van der Waals surface area contributed by atoms with E-state index in [-0.39, 0.29) is 6.42 Å². The lowest BCUT2D eigenvalue weighted by Gasteiger charge is -2.25. The molecule has 0 spiro atoms. The highest BCUT2D eigenvalue weighted by molar-refractivity contribution is 5.69. The number of anilines is 1. The van der Waals surface area contributed by atoms with Crippen LogP contribution in [-0.2, 0) is 4.79 Å². The van der Waals surface area contributed by atoms with Gasteiger partial charge >= 0.3 is 5.97 Å². The van der Waals surface area contributed by atoms with Gasteiger partial charge in [0.25, 0.3) is 0 Å². The third-order valence-corrected chi connectivity index (χ3v) is 1.76. The monoisotopic (exact) mass is 194 g/mol. The molecule has 0 amide bonds. The molecule has 1 aromatic heterocycles. The van der Waals surface area contributed by atoms with E-state index in [0.717, 1.165) is 5.69 Å². The lowest BCUT2D eigenvalue weighted by molar-refractivity contribution is -0.137. The molecule has 0 radical (unpaired) electrons. The number of aliphatic carboxylic acids is 1. The third-order valence-electron chi connectivity index (χ3n) is 1.76. The van der Waals surface area contributed by atoms with Gasteiger partial charge in [-0.05, 0) is 26.0 Å². The van der Waals surface area contributed by atoms with E-state index in [1.54, 1.807) is 12.4 Å². The Hall–Kier alpha value is -1.58. The molecule has 0 unspecified atom stereocenters. The molecule has 0 saturated carbocycles. The summed E-state index contributed by atoms with van der Waals surface area (Å²) in [6.45, 7) is 3.70. The van der Waals surface area contributed by atoms with E-state index in [4.69, 9.17) is 5.11 Å². The summed E-state index contributed by atoms with van der Waals surface area (Å²) in [5.74, 6) is -0.809. The second kappa shape index (κ2) is 4.09. The standard InChI is InChI=1S/C10H14N2O2/c1-10(2,7-9(13)14)12-8-3-5-11-6-4-8/h3-6H,7H2,1-2H3,(H,11,12)(H,13,14). The number of aromatic nitrogens is 1. The number of pyridine rings is 1. The molecule has 0 aliphatic carbocycles. The summed E-state index contributed by atoms with van der Waals surface area (Å²) in [6.07, 6.45) is 3.41. The number of carboxylic acid groups (broad SMARTS) is 1. The Morgan fingerprint density at radius 1 is 1.50 bits per heavy atom. The summed E-state index contributed by atoms with van der Waals surface area (Å²) in [5.41, 5.74) is 0.430. The molecule has 0 fully saturated rings. The van der Waals surface area contributed by atoms with Crippen LogP contribution >= 0.6 is 0 Å². The van der Waals surface area contributed by atoms with Crippen LogP contribution in [0.1, 0.15) is 20.3 Å². The van der Waals surface area contributed by atoms with Crippen molar-refractivity contribution >= 4 is 11.7 Å². The number of carbonyl (C=O) groups is 1. The molecule has 0 atom stereocenters. The second-order valence-corrected chi connectivity index (χ2v) is 3.82. The minimum Gasteiger partial charge on any atom is -0.481 e. The smallest absolute Gasteiger partial charge is 0.305 e. The maximum Gasteiger partial charge on any atom is 0.305 e. The van der Waals surface area contributed by atoms with Gasteiger partial charge in [-0.3, -0.25) is 9.78 Å². The normalized spacial score (nSPS) is 11.0. The first-order chi connectivity index (χ1) is 6.49. The van der Waals surface area contributed by atoms with Crippen molar-refractivity contribution in [3.05, 3.63) is 24.5 Å². The van der Waals surface area contributed by atoms with E-state index in [9.17, 15) is 4.79 Å². The van der Waals surface area contributed by atoms with E-state index in [1.165, 1.54) is 0 Å². The summed E-state index contributed by atoms with van der Waals surface area (Å²) in [5, 5.41) is 11.8. The predicted molar refractivity (Wildman–Crippen MR) is 54.2 cm³/mol. The summed E-state index contributed by atoms with van der Waals surface area (Å²) >= 11 is 0. The van der Waals surface area contributed by atoms with Gasteiger partial charge in [-0.25, -0.2) is 0 Å².